The molecule has 0 aliphatic heterocycles. The molecule has 0 saturated heterocycles. The van der Waals surface area contributed by atoms with Crippen molar-refractivity contribution in [3.8, 4) is 11.5 Å². The molecule has 10 heteroatoms. The van der Waals surface area contributed by atoms with E-state index >= 15 is 0 Å². The number of aliphatic imine (C=N–C) groups is 1. The van der Waals surface area contributed by atoms with Gasteiger partial charge < -0.3 is 20.1 Å². The fourth-order valence-electron chi connectivity index (χ4n) is 2.09. The summed E-state index contributed by atoms with van der Waals surface area (Å²) in [6.07, 6.45) is 1.80. The molecule has 0 aliphatic carbocycles. The van der Waals surface area contributed by atoms with Crippen LogP contribution in [0.25, 0.3) is 0 Å². The number of nitrogens with one attached hydrogen (secondary N) is 2. The van der Waals surface area contributed by atoms with Crippen LogP contribution in [0.2, 0.25) is 0 Å². The Morgan fingerprint density at radius 2 is 2.04 bits per heavy atom. The van der Waals surface area contributed by atoms with E-state index in [0.717, 1.165) is 9.88 Å². The van der Waals surface area contributed by atoms with Gasteiger partial charge in [-0.1, -0.05) is 0 Å². The van der Waals surface area contributed by atoms with E-state index in [1.54, 1.807) is 36.7 Å². The fraction of sp³-hybridized carbons (Fsp3) is 0.375. The number of hydrogen-bond donors (Lipinski definition) is 2. The van der Waals surface area contributed by atoms with Crippen molar-refractivity contribution in [3.63, 3.8) is 0 Å². The van der Waals surface area contributed by atoms with Gasteiger partial charge in [0.25, 0.3) is 0 Å². The molecule has 2 N–H and O–H groups in total. The van der Waals surface area contributed by atoms with Gasteiger partial charge in [-0.15, -0.1) is 35.3 Å². The van der Waals surface area contributed by atoms with E-state index in [2.05, 4.69) is 25.3 Å². The first-order chi connectivity index (χ1) is 12.0. The molecular formula is C16H21F2IN4O2S. The molecule has 0 amide bonds. The number of alkyl halides is 2. The molecule has 2 aromatic rings. The Morgan fingerprint density at radius 1 is 1.31 bits per heavy atom. The molecule has 2 rings (SSSR count). The summed E-state index contributed by atoms with van der Waals surface area (Å²) in [4.78, 5) is 9.38. The summed E-state index contributed by atoms with van der Waals surface area (Å²) in [5.41, 5.74) is 0.538. The molecule has 1 aromatic carbocycles. The number of benzene rings is 1. The average molecular weight is 498 g/mol. The number of rotatable bonds is 7. The Morgan fingerprint density at radius 3 is 2.62 bits per heavy atom. The van der Waals surface area contributed by atoms with Crippen LogP contribution in [-0.2, 0) is 13.1 Å². The molecule has 6 nitrogen and oxygen atoms in total. The van der Waals surface area contributed by atoms with E-state index in [0.29, 0.717) is 23.8 Å². The third kappa shape index (κ3) is 6.90. The van der Waals surface area contributed by atoms with Crippen molar-refractivity contribution in [2.75, 3.05) is 14.2 Å². The predicted molar refractivity (Wildman–Crippen MR) is 109 cm³/mol. The zero-order valence-electron chi connectivity index (χ0n) is 14.6. The Hall–Kier alpha value is -1.69. The largest absolute Gasteiger partial charge is 0.497 e. The molecule has 0 saturated carbocycles. The highest BCUT2D eigenvalue weighted by atomic mass is 127. The quantitative estimate of drug-likeness (QED) is 0.348. The number of aromatic nitrogens is 1. The van der Waals surface area contributed by atoms with Crippen LogP contribution in [0, 0.1) is 6.92 Å². The van der Waals surface area contributed by atoms with Gasteiger partial charge in [-0.25, -0.2) is 4.98 Å². The highest BCUT2D eigenvalue weighted by Crippen LogP contribution is 2.25. The highest BCUT2D eigenvalue weighted by Gasteiger charge is 2.11. The van der Waals surface area contributed by atoms with Gasteiger partial charge in [-0.2, -0.15) is 8.78 Å². The molecule has 1 aromatic heterocycles. The van der Waals surface area contributed by atoms with Gasteiger partial charge in [0.1, 0.15) is 11.5 Å². The monoisotopic (exact) mass is 498 g/mol. The minimum absolute atomic E-state index is 0. The molecule has 0 atom stereocenters. The second-order valence-corrected chi connectivity index (χ2v) is 6.30. The predicted octanol–water partition coefficient (Wildman–Crippen LogP) is 3.54. The second kappa shape index (κ2) is 11.1. The Balaban J connectivity index is 0.00000338. The normalized spacial score (nSPS) is 11.1. The van der Waals surface area contributed by atoms with Gasteiger partial charge in [-0.05, 0) is 25.1 Å². The average Bonchev–Trinajstić information content (AvgIpc) is 3.01. The first-order valence-corrected chi connectivity index (χ1v) is 8.31. The van der Waals surface area contributed by atoms with E-state index in [1.165, 1.54) is 13.2 Å². The number of halogens is 3. The standard InChI is InChI=1S/C16H20F2N4O2S.HI/c1-10-20-8-13(25-10)9-22-16(19-2)21-7-11-6-12(23-3)4-5-14(11)24-15(17)18;/h4-6,8,15H,7,9H2,1-3H3,(H2,19,21,22);1H. The maximum atomic E-state index is 12.5. The van der Waals surface area contributed by atoms with Gasteiger partial charge in [0.05, 0.1) is 18.7 Å². The van der Waals surface area contributed by atoms with Crippen LogP contribution in [0.5, 0.6) is 11.5 Å². The molecule has 0 aliphatic rings. The van der Waals surface area contributed by atoms with Crippen molar-refractivity contribution in [2.24, 2.45) is 4.99 Å². The molecule has 0 bridgehead atoms. The number of hydrogen-bond acceptors (Lipinski definition) is 5. The SMILES string of the molecule is CN=C(NCc1cnc(C)s1)NCc1cc(OC)ccc1OC(F)F.I. The highest BCUT2D eigenvalue weighted by molar-refractivity contribution is 14.0. The van der Waals surface area contributed by atoms with Gasteiger partial charge in [0.15, 0.2) is 5.96 Å². The lowest BCUT2D eigenvalue weighted by Gasteiger charge is -2.15. The lowest BCUT2D eigenvalue weighted by Crippen LogP contribution is -2.36. The number of methoxy groups -OCH3 is 1. The summed E-state index contributed by atoms with van der Waals surface area (Å²) >= 11 is 1.59. The Bertz CT molecular complexity index is 728. The second-order valence-electron chi connectivity index (χ2n) is 4.98. The van der Waals surface area contributed by atoms with Gasteiger partial charge in [-0.3, -0.25) is 4.99 Å². The number of nitrogens with zero attached hydrogens (tertiary/aromatic N) is 2. The lowest BCUT2D eigenvalue weighted by molar-refractivity contribution is -0.0504. The summed E-state index contributed by atoms with van der Waals surface area (Å²) in [5.74, 6) is 1.19. The molecule has 0 unspecified atom stereocenters. The summed E-state index contributed by atoms with van der Waals surface area (Å²) in [5, 5.41) is 7.21. The minimum atomic E-state index is -2.89. The molecule has 26 heavy (non-hydrogen) atoms. The van der Waals surface area contributed by atoms with Crippen molar-refractivity contribution in [3.05, 3.63) is 39.8 Å². The maximum Gasteiger partial charge on any atom is 0.387 e. The van der Waals surface area contributed by atoms with Crippen LogP contribution >= 0.6 is 35.3 Å². The van der Waals surface area contributed by atoms with E-state index < -0.39 is 6.61 Å². The van der Waals surface area contributed by atoms with Crippen LogP contribution in [0.4, 0.5) is 8.78 Å². The molecule has 144 valence electrons. The van der Waals surface area contributed by atoms with Crippen molar-refractivity contribution < 1.29 is 18.3 Å². The third-order valence-electron chi connectivity index (χ3n) is 3.25. The van der Waals surface area contributed by atoms with Gasteiger partial charge >= 0.3 is 6.61 Å². The number of aryl methyl sites for hydroxylation is 1. The Kier molecular flexibility index (Phi) is 9.55. The van der Waals surface area contributed by atoms with Crippen LogP contribution < -0.4 is 20.1 Å². The first-order valence-electron chi connectivity index (χ1n) is 7.49. The van der Waals surface area contributed by atoms with Gasteiger partial charge in [0.2, 0.25) is 0 Å². The zero-order valence-corrected chi connectivity index (χ0v) is 17.7. The summed E-state index contributed by atoms with van der Waals surface area (Å²) in [6, 6.07) is 4.67. The molecule has 0 spiro atoms. The maximum absolute atomic E-state index is 12.5. The zero-order chi connectivity index (χ0) is 18.2. The molecule has 0 fully saturated rings. The minimum Gasteiger partial charge on any atom is -0.497 e. The third-order valence-corrected chi connectivity index (χ3v) is 4.17. The van der Waals surface area contributed by atoms with Gasteiger partial charge in [0, 0.05) is 30.2 Å². The summed E-state index contributed by atoms with van der Waals surface area (Å²) in [7, 11) is 3.15. The topological polar surface area (TPSA) is 67.8 Å². The van der Waals surface area contributed by atoms with Crippen molar-refractivity contribution in [2.45, 2.75) is 26.6 Å². The number of ether oxygens (including phenoxy) is 2. The van der Waals surface area contributed by atoms with Crippen LogP contribution in [0.15, 0.2) is 29.4 Å². The molecular weight excluding hydrogens is 477 g/mol. The summed E-state index contributed by atoms with van der Waals surface area (Å²) in [6.45, 7) is -0.127. The molecule has 0 radical (unpaired) electrons. The van der Waals surface area contributed by atoms with Crippen LogP contribution in [-0.4, -0.2) is 31.7 Å². The van der Waals surface area contributed by atoms with Crippen LogP contribution in [0.3, 0.4) is 0 Å². The van der Waals surface area contributed by atoms with E-state index in [-0.39, 0.29) is 36.3 Å². The van der Waals surface area contributed by atoms with Crippen molar-refractivity contribution >= 4 is 41.3 Å². The first kappa shape index (κ1) is 22.4. The lowest BCUT2D eigenvalue weighted by atomic mass is 10.2. The van der Waals surface area contributed by atoms with Crippen molar-refractivity contribution in [1.82, 2.24) is 15.6 Å². The number of guanidine groups is 1. The number of thiazole rings is 1. The van der Waals surface area contributed by atoms with Crippen LogP contribution in [0.1, 0.15) is 15.4 Å². The summed E-state index contributed by atoms with van der Waals surface area (Å²) < 4.78 is 34.8. The molecule has 1 heterocycles. The Labute approximate surface area is 172 Å². The van der Waals surface area contributed by atoms with E-state index in [1.807, 2.05) is 6.92 Å². The van der Waals surface area contributed by atoms with Crippen molar-refractivity contribution in [1.29, 1.82) is 0 Å². The smallest absolute Gasteiger partial charge is 0.387 e. The fourth-order valence-corrected chi connectivity index (χ4v) is 2.82. The van der Waals surface area contributed by atoms with E-state index in [9.17, 15) is 8.78 Å². The van der Waals surface area contributed by atoms with E-state index in [4.69, 9.17) is 4.74 Å².